The number of aryl methyl sites for hydroxylation is 1. The summed E-state index contributed by atoms with van der Waals surface area (Å²) in [6.45, 7) is 3.10. The van der Waals surface area contributed by atoms with Crippen molar-refractivity contribution < 1.29 is 8.42 Å². The van der Waals surface area contributed by atoms with Gasteiger partial charge in [-0.3, -0.25) is 0 Å². The van der Waals surface area contributed by atoms with E-state index in [1.165, 1.54) is 0 Å². The van der Waals surface area contributed by atoms with E-state index >= 15 is 0 Å². The first-order valence-corrected chi connectivity index (χ1v) is 8.58. The lowest BCUT2D eigenvalue weighted by Gasteiger charge is -2.18. The van der Waals surface area contributed by atoms with Crippen molar-refractivity contribution in [3.63, 3.8) is 0 Å². The van der Waals surface area contributed by atoms with Gasteiger partial charge in [-0.25, -0.2) is 8.42 Å². The summed E-state index contributed by atoms with van der Waals surface area (Å²) in [7, 11) is -3.40. The van der Waals surface area contributed by atoms with E-state index in [9.17, 15) is 8.42 Å². The molecule has 0 unspecified atom stereocenters. The Kier molecular flexibility index (Phi) is 4.36. The number of alkyl halides is 1. The van der Waals surface area contributed by atoms with Crippen LogP contribution in [0.15, 0.2) is 21.5 Å². The fraction of sp³-hybridized carbons (Fsp3) is 0.500. The predicted molar refractivity (Wildman–Crippen MR) is 76.4 cm³/mol. The molecule has 6 heteroatoms. The first-order chi connectivity index (χ1) is 8.46. The van der Waals surface area contributed by atoms with Gasteiger partial charge in [-0.1, -0.05) is 6.07 Å². The van der Waals surface area contributed by atoms with Crippen LogP contribution in [0.3, 0.4) is 0 Å². The van der Waals surface area contributed by atoms with Crippen molar-refractivity contribution in [3.8, 4) is 0 Å². The van der Waals surface area contributed by atoms with Gasteiger partial charge >= 0.3 is 0 Å². The molecule has 0 aromatic heterocycles. The molecule has 2 rings (SSSR count). The van der Waals surface area contributed by atoms with Gasteiger partial charge in [-0.15, -0.1) is 11.6 Å². The minimum Gasteiger partial charge on any atom is -0.207 e. The second-order valence-corrected chi connectivity index (χ2v) is 7.44. The van der Waals surface area contributed by atoms with Gasteiger partial charge in [0, 0.05) is 23.4 Å². The molecule has 0 saturated carbocycles. The van der Waals surface area contributed by atoms with Crippen LogP contribution in [0.4, 0.5) is 0 Å². The van der Waals surface area contributed by atoms with Gasteiger partial charge in [0.25, 0.3) is 0 Å². The van der Waals surface area contributed by atoms with Crippen LogP contribution in [0.25, 0.3) is 0 Å². The number of hydrogen-bond donors (Lipinski definition) is 0. The number of rotatable bonds is 3. The number of hydrogen-bond acceptors (Lipinski definition) is 2. The fourth-order valence-electron chi connectivity index (χ4n) is 2.14. The molecular weight excluding hydrogens is 338 g/mol. The zero-order valence-corrected chi connectivity index (χ0v) is 13.3. The van der Waals surface area contributed by atoms with Crippen LogP contribution in [0.5, 0.6) is 0 Å². The summed E-state index contributed by atoms with van der Waals surface area (Å²) < 4.78 is 27.2. The van der Waals surface area contributed by atoms with E-state index in [-0.39, 0.29) is 0 Å². The Morgan fingerprint density at radius 1 is 1.33 bits per heavy atom. The largest absolute Gasteiger partial charge is 0.244 e. The molecule has 1 heterocycles. The van der Waals surface area contributed by atoms with Crippen molar-refractivity contribution in [2.75, 3.05) is 13.1 Å². The third-order valence-corrected chi connectivity index (χ3v) is 6.66. The SMILES string of the molecule is Cc1cc(CCl)cc(S(=O)(=O)N2CCCC2)c1Br. The van der Waals surface area contributed by atoms with Crippen molar-refractivity contribution in [2.45, 2.75) is 30.5 Å². The molecule has 100 valence electrons. The van der Waals surface area contributed by atoms with Crippen LogP contribution >= 0.6 is 27.5 Å². The molecule has 0 atom stereocenters. The van der Waals surface area contributed by atoms with Crippen LogP contribution < -0.4 is 0 Å². The summed E-state index contributed by atoms with van der Waals surface area (Å²) in [6.07, 6.45) is 1.87. The highest BCUT2D eigenvalue weighted by molar-refractivity contribution is 9.10. The Morgan fingerprint density at radius 3 is 2.50 bits per heavy atom. The molecule has 3 nitrogen and oxygen atoms in total. The molecule has 0 aliphatic carbocycles. The predicted octanol–water partition coefficient (Wildman–Crippen LogP) is 3.28. The average molecular weight is 353 g/mol. The molecule has 1 saturated heterocycles. The maximum atomic E-state index is 12.5. The molecule has 1 aromatic carbocycles. The van der Waals surface area contributed by atoms with Crippen molar-refractivity contribution in [1.29, 1.82) is 0 Å². The maximum absolute atomic E-state index is 12.5. The van der Waals surface area contributed by atoms with E-state index in [4.69, 9.17) is 11.6 Å². The molecule has 1 aliphatic heterocycles. The average Bonchev–Trinajstić information content (AvgIpc) is 2.86. The molecule has 0 amide bonds. The highest BCUT2D eigenvalue weighted by Gasteiger charge is 2.29. The van der Waals surface area contributed by atoms with Crippen LogP contribution in [0, 0.1) is 6.92 Å². The summed E-state index contributed by atoms with van der Waals surface area (Å²) in [4.78, 5) is 0.333. The summed E-state index contributed by atoms with van der Waals surface area (Å²) in [5.74, 6) is 0.316. The van der Waals surface area contributed by atoms with E-state index in [0.29, 0.717) is 28.3 Å². The lowest BCUT2D eigenvalue weighted by molar-refractivity contribution is 0.477. The Labute approximate surface area is 121 Å². The molecule has 1 aliphatic rings. The summed E-state index contributed by atoms with van der Waals surface area (Å²) in [5, 5.41) is 0. The Morgan fingerprint density at radius 2 is 1.94 bits per heavy atom. The van der Waals surface area contributed by atoms with Crippen molar-refractivity contribution in [2.24, 2.45) is 0 Å². The van der Waals surface area contributed by atoms with E-state index in [1.54, 1.807) is 10.4 Å². The molecule has 0 N–H and O–H groups in total. The number of benzene rings is 1. The number of sulfonamides is 1. The molecule has 0 bridgehead atoms. The molecule has 0 radical (unpaired) electrons. The highest BCUT2D eigenvalue weighted by Crippen LogP contribution is 2.31. The third-order valence-electron chi connectivity index (χ3n) is 3.12. The standard InChI is InChI=1S/C12H15BrClNO2S/c1-9-6-10(8-14)7-11(12(9)13)18(16,17)15-4-2-3-5-15/h6-7H,2-5,8H2,1H3. The molecule has 0 spiro atoms. The van der Waals surface area contributed by atoms with E-state index in [1.807, 2.05) is 13.0 Å². The lowest BCUT2D eigenvalue weighted by Crippen LogP contribution is -2.28. The normalized spacial score (nSPS) is 17.3. The molecule has 1 aromatic rings. The zero-order chi connectivity index (χ0) is 13.3. The number of halogens is 2. The topological polar surface area (TPSA) is 37.4 Å². The van der Waals surface area contributed by atoms with Crippen molar-refractivity contribution in [3.05, 3.63) is 27.7 Å². The molecule has 18 heavy (non-hydrogen) atoms. The summed E-state index contributed by atoms with van der Waals surface area (Å²) >= 11 is 9.19. The fourth-order valence-corrected chi connectivity index (χ4v) is 4.84. The van der Waals surface area contributed by atoms with Gasteiger partial charge in [0.15, 0.2) is 0 Å². The Hall–Kier alpha value is -0.100. The summed E-state index contributed by atoms with van der Waals surface area (Å²) in [5.41, 5.74) is 1.72. The van der Waals surface area contributed by atoms with Crippen LogP contribution in [0.2, 0.25) is 0 Å². The van der Waals surface area contributed by atoms with Crippen LogP contribution in [-0.2, 0) is 15.9 Å². The Balaban J connectivity index is 2.52. The second-order valence-electron chi connectivity index (χ2n) is 4.47. The maximum Gasteiger partial charge on any atom is 0.244 e. The first kappa shape index (κ1) is 14.3. The van der Waals surface area contributed by atoms with Gasteiger partial charge < -0.3 is 0 Å². The molecular formula is C12H15BrClNO2S. The second kappa shape index (κ2) is 5.49. The smallest absolute Gasteiger partial charge is 0.207 e. The van der Waals surface area contributed by atoms with Gasteiger partial charge in [0.2, 0.25) is 10.0 Å². The first-order valence-electron chi connectivity index (χ1n) is 5.82. The monoisotopic (exact) mass is 351 g/mol. The quantitative estimate of drug-likeness (QED) is 0.783. The van der Waals surface area contributed by atoms with Gasteiger partial charge in [0.05, 0.1) is 4.90 Å². The van der Waals surface area contributed by atoms with E-state index in [0.717, 1.165) is 24.0 Å². The van der Waals surface area contributed by atoms with E-state index < -0.39 is 10.0 Å². The molecule has 1 fully saturated rings. The van der Waals surface area contributed by atoms with Crippen LogP contribution in [-0.4, -0.2) is 25.8 Å². The minimum absolute atomic E-state index is 0.316. The summed E-state index contributed by atoms with van der Waals surface area (Å²) in [6, 6.07) is 3.57. The van der Waals surface area contributed by atoms with Gasteiger partial charge in [-0.05, 0) is 52.9 Å². The van der Waals surface area contributed by atoms with Crippen molar-refractivity contribution >= 4 is 37.6 Å². The lowest BCUT2D eigenvalue weighted by atomic mass is 10.2. The highest BCUT2D eigenvalue weighted by atomic mass is 79.9. The minimum atomic E-state index is -3.40. The third kappa shape index (κ3) is 2.59. The van der Waals surface area contributed by atoms with Crippen LogP contribution in [0.1, 0.15) is 24.0 Å². The van der Waals surface area contributed by atoms with Gasteiger partial charge in [0.1, 0.15) is 0 Å². The van der Waals surface area contributed by atoms with Crippen molar-refractivity contribution in [1.82, 2.24) is 4.31 Å². The Bertz CT molecular complexity index is 553. The zero-order valence-electron chi connectivity index (χ0n) is 10.1. The van der Waals surface area contributed by atoms with E-state index in [2.05, 4.69) is 15.9 Å². The van der Waals surface area contributed by atoms with Gasteiger partial charge in [-0.2, -0.15) is 4.31 Å². The number of nitrogens with zero attached hydrogens (tertiary/aromatic N) is 1.